The minimum absolute atomic E-state index is 0. The van der Waals surface area contributed by atoms with Crippen molar-refractivity contribution in [1.29, 1.82) is 0 Å². The second-order valence-corrected chi connectivity index (χ2v) is 12.4. The summed E-state index contributed by atoms with van der Waals surface area (Å²) in [6, 6.07) is 3.66. The van der Waals surface area contributed by atoms with E-state index >= 15 is 4.39 Å². The van der Waals surface area contributed by atoms with Gasteiger partial charge in [0.15, 0.2) is 11.5 Å². The highest BCUT2D eigenvalue weighted by Crippen LogP contribution is 2.49. The summed E-state index contributed by atoms with van der Waals surface area (Å²) in [4.78, 5) is 46.3. The fraction of sp³-hybridized carbons (Fsp3) is 0.500. The SMILES string of the molecule is Cl.Cn1c(-c2cn(CC3CC3)nc2C(F)(F)F)cnc1C(=O)Nc1ccc(C(=O)N2CCN(C(=O)C3[C@H]4CNC[C@@H]34)CC2)c(F)c1. The summed E-state index contributed by atoms with van der Waals surface area (Å²) in [6.07, 6.45) is -0.322. The number of nitrogens with zero attached hydrogens (tertiary/aromatic N) is 6. The van der Waals surface area contributed by atoms with Gasteiger partial charge in [-0.3, -0.25) is 19.1 Å². The Bertz CT molecular complexity index is 1670. The van der Waals surface area contributed by atoms with Gasteiger partial charge in [0.1, 0.15) is 5.82 Å². The lowest BCUT2D eigenvalue weighted by Gasteiger charge is -2.35. The number of aromatic nitrogens is 4. The van der Waals surface area contributed by atoms with Crippen LogP contribution in [0.1, 0.15) is 39.5 Å². The van der Waals surface area contributed by atoms with Gasteiger partial charge in [0.2, 0.25) is 5.91 Å². The third-order valence-electron chi connectivity index (χ3n) is 9.35. The van der Waals surface area contributed by atoms with E-state index in [-0.39, 0.29) is 52.6 Å². The standard InChI is InChI=1S/C30H32F4N8O3.ClH/c1-39-23(21-15-42(14-16-2-3-16)38-25(21)30(32,33)34)13-36-26(39)27(43)37-17-4-5-18(22(31)10-17)28(44)40-6-8-41(9-7-40)29(45)24-19-11-35-12-20(19)24;/h4-5,10,13,15-16,19-20,24,35H,2-3,6-9,11-12,14H2,1H3,(H,37,43);1H/t19-,20+,24?;. The molecule has 4 heterocycles. The number of hydrogen-bond acceptors (Lipinski definition) is 6. The van der Waals surface area contributed by atoms with Crippen molar-refractivity contribution >= 4 is 35.8 Å². The molecule has 3 aromatic rings. The average Bonchev–Trinajstić information content (AvgIpc) is 3.75. The summed E-state index contributed by atoms with van der Waals surface area (Å²) in [5.41, 5.74) is -1.31. The number of carbonyl (C=O) groups excluding carboxylic acids is 3. The summed E-state index contributed by atoms with van der Waals surface area (Å²) in [5.74, 6) is -0.977. The molecule has 3 atom stereocenters. The Morgan fingerprint density at radius 2 is 1.72 bits per heavy atom. The Hall–Kier alpha value is -3.98. The van der Waals surface area contributed by atoms with Gasteiger partial charge in [-0.05, 0) is 61.9 Å². The van der Waals surface area contributed by atoms with E-state index in [2.05, 4.69) is 20.7 Å². The maximum absolute atomic E-state index is 15.1. The van der Waals surface area contributed by atoms with Crippen LogP contribution in [0.25, 0.3) is 11.3 Å². The van der Waals surface area contributed by atoms with E-state index in [0.717, 1.165) is 32.0 Å². The van der Waals surface area contributed by atoms with Crippen molar-refractivity contribution in [2.45, 2.75) is 25.6 Å². The number of fused-ring (bicyclic) bond motifs is 1. The molecular weight excluding hydrogens is 632 g/mol. The molecule has 7 rings (SSSR count). The van der Waals surface area contributed by atoms with Crippen molar-refractivity contribution < 1.29 is 31.9 Å². The number of piperazine rings is 1. The van der Waals surface area contributed by atoms with Gasteiger partial charge in [0.25, 0.3) is 11.8 Å². The van der Waals surface area contributed by atoms with Crippen molar-refractivity contribution in [2.24, 2.45) is 30.7 Å². The molecule has 4 fully saturated rings. The second-order valence-electron chi connectivity index (χ2n) is 12.4. The molecule has 2 saturated heterocycles. The van der Waals surface area contributed by atoms with E-state index < -0.39 is 29.5 Å². The van der Waals surface area contributed by atoms with Crippen LogP contribution in [0, 0.1) is 29.5 Å². The Morgan fingerprint density at radius 3 is 2.35 bits per heavy atom. The van der Waals surface area contributed by atoms with Crippen LogP contribution < -0.4 is 10.6 Å². The Balaban J connectivity index is 0.00000372. The number of amides is 3. The summed E-state index contributed by atoms with van der Waals surface area (Å²) in [5, 5.41) is 9.54. The van der Waals surface area contributed by atoms with E-state index in [0.29, 0.717) is 50.5 Å². The number of rotatable bonds is 7. The molecule has 4 aliphatic rings. The highest BCUT2D eigenvalue weighted by Gasteiger charge is 2.58. The molecule has 2 aliphatic heterocycles. The first-order valence-electron chi connectivity index (χ1n) is 15.1. The van der Waals surface area contributed by atoms with Crippen LogP contribution in [0.2, 0.25) is 0 Å². The molecular formula is C30H33ClF4N8O3. The number of imidazole rings is 1. The van der Waals surface area contributed by atoms with Gasteiger partial charge in [-0.1, -0.05) is 0 Å². The first kappa shape index (κ1) is 32.0. The zero-order valence-electron chi connectivity index (χ0n) is 24.9. The number of nitrogens with one attached hydrogen (secondary N) is 2. The predicted octanol–water partition coefficient (Wildman–Crippen LogP) is 3.28. The van der Waals surface area contributed by atoms with Crippen molar-refractivity contribution in [3.8, 4) is 11.3 Å². The van der Waals surface area contributed by atoms with Crippen molar-refractivity contribution in [3.63, 3.8) is 0 Å². The molecule has 0 radical (unpaired) electrons. The van der Waals surface area contributed by atoms with E-state index in [1.807, 2.05) is 0 Å². The van der Waals surface area contributed by atoms with E-state index in [9.17, 15) is 27.6 Å². The van der Waals surface area contributed by atoms with Crippen LogP contribution >= 0.6 is 12.4 Å². The highest BCUT2D eigenvalue weighted by atomic mass is 35.5. The Morgan fingerprint density at radius 1 is 1.04 bits per heavy atom. The number of carbonyl (C=O) groups is 3. The lowest BCUT2D eigenvalue weighted by Crippen LogP contribution is -2.51. The molecule has 2 saturated carbocycles. The first-order valence-corrected chi connectivity index (χ1v) is 15.1. The van der Waals surface area contributed by atoms with Gasteiger partial charge in [-0.15, -0.1) is 12.4 Å². The smallest absolute Gasteiger partial charge is 0.339 e. The van der Waals surface area contributed by atoms with Gasteiger partial charge in [0, 0.05) is 57.6 Å². The Labute approximate surface area is 267 Å². The van der Waals surface area contributed by atoms with E-state index in [1.54, 1.807) is 4.90 Å². The van der Waals surface area contributed by atoms with Gasteiger partial charge in [-0.2, -0.15) is 18.3 Å². The van der Waals surface area contributed by atoms with Crippen LogP contribution in [-0.2, 0) is 24.6 Å². The van der Waals surface area contributed by atoms with Gasteiger partial charge in [-0.25, -0.2) is 9.37 Å². The van der Waals surface area contributed by atoms with Crippen molar-refractivity contribution in [1.82, 2.24) is 34.4 Å². The minimum Gasteiger partial charge on any atom is -0.339 e. The maximum Gasteiger partial charge on any atom is 0.435 e. The molecule has 3 amide bonds. The monoisotopic (exact) mass is 664 g/mol. The maximum atomic E-state index is 15.1. The lowest BCUT2D eigenvalue weighted by molar-refractivity contribution is -0.141. The quantitative estimate of drug-likeness (QED) is 0.375. The molecule has 2 aliphatic carbocycles. The summed E-state index contributed by atoms with van der Waals surface area (Å²) >= 11 is 0. The summed E-state index contributed by atoms with van der Waals surface area (Å²) < 4.78 is 59.0. The zero-order valence-corrected chi connectivity index (χ0v) is 25.7. The fourth-order valence-corrected chi connectivity index (χ4v) is 6.60. The van der Waals surface area contributed by atoms with Gasteiger partial charge < -0.3 is 25.0 Å². The molecule has 2 aromatic heterocycles. The summed E-state index contributed by atoms with van der Waals surface area (Å²) in [6.45, 7) is 3.48. The largest absolute Gasteiger partial charge is 0.435 e. The van der Waals surface area contributed by atoms with E-state index in [1.165, 1.54) is 45.7 Å². The zero-order chi connectivity index (χ0) is 31.6. The first-order chi connectivity index (χ1) is 21.5. The van der Waals surface area contributed by atoms with Gasteiger partial charge >= 0.3 is 6.18 Å². The summed E-state index contributed by atoms with van der Waals surface area (Å²) in [7, 11) is 1.42. The third-order valence-corrected chi connectivity index (χ3v) is 9.35. The number of hydrogen-bond donors (Lipinski definition) is 2. The van der Waals surface area contributed by atoms with Crippen molar-refractivity contribution in [3.05, 3.63) is 53.5 Å². The predicted molar refractivity (Wildman–Crippen MR) is 160 cm³/mol. The number of benzene rings is 1. The molecule has 2 N–H and O–H groups in total. The van der Waals surface area contributed by atoms with Crippen LogP contribution in [-0.4, -0.2) is 86.1 Å². The van der Waals surface area contributed by atoms with Crippen LogP contribution in [0.5, 0.6) is 0 Å². The average molecular weight is 665 g/mol. The molecule has 1 unspecified atom stereocenters. The molecule has 0 bridgehead atoms. The molecule has 46 heavy (non-hydrogen) atoms. The van der Waals surface area contributed by atoms with E-state index in [4.69, 9.17) is 0 Å². The molecule has 246 valence electrons. The highest BCUT2D eigenvalue weighted by molar-refractivity contribution is 6.03. The van der Waals surface area contributed by atoms with Gasteiger partial charge in [0.05, 0.1) is 23.0 Å². The normalized spacial score (nSPS) is 22.3. The third kappa shape index (κ3) is 5.97. The molecule has 11 nitrogen and oxygen atoms in total. The number of alkyl halides is 3. The van der Waals surface area contributed by atoms with Crippen LogP contribution in [0.15, 0.2) is 30.6 Å². The number of anilines is 1. The molecule has 16 heteroatoms. The number of piperidine rings is 1. The second kappa shape index (κ2) is 12.0. The minimum atomic E-state index is -4.70. The van der Waals surface area contributed by atoms with Crippen LogP contribution in [0.3, 0.4) is 0 Å². The Kier molecular flexibility index (Phi) is 8.34. The number of halogens is 5. The topological polar surface area (TPSA) is 117 Å². The fourth-order valence-electron chi connectivity index (χ4n) is 6.60. The van der Waals surface area contributed by atoms with Crippen LogP contribution in [0.4, 0.5) is 23.2 Å². The molecule has 0 spiro atoms. The molecule has 1 aromatic carbocycles. The lowest BCUT2D eigenvalue weighted by atomic mass is 10.1. The van der Waals surface area contributed by atoms with Crippen molar-refractivity contribution in [2.75, 3.05) is 44.6 Å².